The summed E-state index contributed by atoms with van der Waals surface area (Å²) in [6.45, 7) is 2.28. The first-order chi connectivity index (χ1) is 9.61. The average molecular weight is 300 g/mol. The third-order valence-electron chi connectivity index (χ3n) is 2.50. The molecule has 0 unspecified atom stereocenters. The highest BCUT2D eigenvalue weighted by molar-refractivity contribution is 7.12. The van der Waals surface area contributed by atoms with E-state index in [2.05, 4.69) is 10.6 Å². The molecule has 1 amide bonds. The van der Waals surface area contributed by atoms with E-state index < -0.39 is 5.97 Å². The van der Waals surface area contributed by atoms with E-state index in [4.69, 9.17) is 9.84 Å². The molecule has 0 aromatic carbocycles. The van der Waals surface area contributed by atoms with Gasteiger partial charge in [0.2, 0.25) is 5.91 Å². The number of rotatable bonds is 10. The van der Waals surface area contributed by atoms with Gasteiger partial charge in [-0.3, -0.25) is 9.59 Å². The lowest BCUT2D eigenvalue weighted by molar-refractivity contribution is -0.136. The van der Waals surface area contributed by atoms with Crippen LogP contribution >= 0.6 is 11.3 Å². The van der Waals surface area contributed by atoms with Crippen LogP contribution in [0.3, 0.4) is 0 Å². The number of amides is 1. The zero-order chi connectivity index (χ0) is 14.8. The van der Waals surface area contributed by atoms with Gasteiger partial charge in [-0.2, -0.15) is 0 Å². The molecule has 0 saturated carbocycles. The number of carbonyl (C=O) groups excluding carboxylic acids is 1. The summed E-state index contributed by atoms with van der Waals surface area (Å²) in [5.41, 5.74) is 0. The number of nitrogens with one attached hydrogen (secondary N) is 2. The maximum absolute atomic E-state index is 11.4. The van der Waals surface area contributed by atoms with Crippen LogP contribution in [0.4, 0.5) is 0 Å². The Labute approximate surface area is 122 Å². The quantitative estimate of drug-likeness (QED) is 0.551. The van der Waals surface area contributed by atoms with Gasteiger partial charge in [0.1, 0.15) is 0 Å². The summed E-state index contributed by atoms with van der Waals surface area (Å²) in [5, 5.41) is 14.6. The minimum Gasteiger partial charge on any atom is -0.481 e. The number of carboxylic acids is 1. The fraction of sp³-hybridized carbons (Fsp3) is 0.538. The minimum absolute atomic E-state index is 0.00713. The summed E-state index contributed by atoms with van der Waals surface area (Å²) in [5.74, 6) is -0.827. The predicted octanol–water partition coefficient (Wildman–Crippen LogP) is 0.618. The van der Waals surface area contributed by atoms with Crippen molar-refractivity contribution in [2.45, 2.75) is 19.4 Å². The van der Waals surface area contributed by atoms with Crippen molar-refractivity contribution in [1.29, 1.82) is 0 Å². The monoisotopic (exact) mass is 300 g/mol. The van der Waals surface area contributed by atoms with Gasteiger partial charge in [-0.05, 0) is 12.1 Å². The van der Waals surface area contributed by atoms with Crippen LogP contribution < -0.4 is 10.6 Å². The predicted molar refractivity (Wildman–Crippen MR) is 76.9 cm³/mol. The van der Waals surface area contributed by atoms with Gasteiger partial charge in [0.15, 0.2) is 0 Å². The van der Waals surface area contributed by atoms with Crippen molar-refractivity contribution in [3.63, 3.8) is 0 Å². The highest BCUT2D eigenvalue weighted by Gasteiger charge is 2.05. The van der Waals surface area contributed by atoms with Crippen LogP contribution in [0.2, 0.25) is 0 Å². The van der Waals surface area contributed by atoms with Crippen molar-refractivity contribution in [1.82, 2.24) is 10.6 Å². The van der Waals surface area contributed by atoms with E-state index in [9.17, 15) is 9.59 Å². The number of hydrogen-bond acceptors (Lipinski definition) is 5. The lowest BCUT2D eigenvalue weighted by Crippen LogP contribution is -2.29. The van der Waals surface area contributed by atoms with Crippen molar-refractivity contribution in [2.24, 2.45) is 0 Å². The van der Waals surface area contributed by atoms with Crippen LogP contribution in [0.15, 0.2) is 12.1 Å². The largest absolute Gasteiger partial charge is 0.481 e. The zero-order valence-corrected chi connectivity index (χ0v) is 12.3. The third-order valence-corrected chi connectivity index (χ3v) is 3.58. The van der Waals surface area contributed by atoms with Gasteiger partial charge in [0, 0.05) is 42.9 Å². The molecule has 1 aromatic rings. The highest BCUT2D eigenvalue weighted by atomic mass is 32.1. The smallest absolute Gasteiger partial charge is 0.308 e. The number of thiophene rings is 1. The third kappa shape index (κ3) is 7.22. The number of hydrogen-bond donors (Lipinski definition) is 3. The molecular formula is C13H20N2O4S. The van der Waals surface area contributed by atoms with Crippen LogP contribution in [0.5, 0.6) is 0 Å². The van der Waals surface area contributed by atoms with Crippen LogP contribution in [-0.2, 0) is 27.3 Å². The van der Waals surface area contributed by atoms with Crippen molar-refractivity contribution < 1.29 is 19.4 Å². The lowest BCUT2D eigenvalue weighted by Gasteiger charge is -2.05. The van der Waals surface area contributed by atoms with Crippen molar-refractivity contribution >= 4 is 23.2 Å². The van der Waals surface area contributed by atoms with Crippen molar-refractivity contribution in [3.8, 4) is 0 Å². The normalized spacial score (nSPS) is 10.4. The maximum atomic E-state index is 11.4. The van der Waals surface area contributed by atoms with E-state index in [1.165, 1.54) is 11.3 Å². The summed E-state index contributed by atoms with van der Waals surface area (Å²) < 4.78 is 4.83. The second-order valence-corrected chi connectivity index (χ2v) is 5.46. The number of carboxylic acid groups (broad SMARTS) is 1. The van der Waals surface area contributed by atoms with Crippen molar-refractivity contribution in [2.75, 3.05) is 26.8 Å². The molecule has 0 aliphatic rings. The first-order valence-electron chi connectivity index (χ1n) is 6.37. The van der Waals surface area contributed by atoms with E-state index in [1.807, 2.05) is 12.1 Å². The fourth-order valence-corrected chi connectivity index (χ4v) is 2.53. The maximum Gasteiger partial charge on any atom is 0.308 e. The number of methoxy groups -OCH3 is 1. The Morgan fingerprint density at radius 3 is 2.75 bits per heavy atom. The minimum atomic E-state index is -0.820. The van der Waals surface area contributed by atoms with Gasteiger partial charge < -0.3 is 20.5 Å². The molecule has 0 bridgehead atoms. The molecule has 6 nitrogen and oxygen atoms in total. The van der Waals surface area contributed by atoms with Gasteiger partial charge in [0.25, 0.3) is 0 Å². The Morgan fingerprint density at radius 2 is 2.05 bits per heavy atom. The molecule has 3 N–H and O–H groups in total. The number of carbonyl (C=O) groups is 2. The Bertz CT molecular complexity index is 434. The molecule has 0 aliphatic heterocycles. The Balaban J connectivity index is 2.13. The Hall–Kier alpha value is -1.44. The molecule has 0 spiro atoms. The van der Waals surface area contributed by atoms with Crippen LogP contribution in [0.25, 0.3) is 0 Å². The molecule has 1 rings (SSSR count). The molecule has 7 heteroatoms. The second-order valence-electron chi connectivity index (χ2n) is 4.21. The SMILES string of the molecule is COCCNC(=O)CCNCc1ccc(CC(=O)O)s1. The number of aliphatic carboxylic acids is 1. The number of ether oxygens (including phenoxy) is 1. The summed E-state index contributed by atoms with van der Waals surface area (Å²) in [6, 6.07) is 3.74. The standard InChI is InChI=1S/C13H20N2O4S/c1-19-7-6-15-12(16)4-5-14-9-11-3-2-10(20-11)8-13(17)18/h2-3,14H,4-9H2,1H3,(H,15,16)(H,17,18). The van der Waals surface area contributed by atoms with Crippen LogP contribution in [-0.4, -0.2) is 43.8 Å². The van der Waals surface area contributed by atoms with E-state index in [1.54, 1.807) is 7.11 Å². The highest BCUT2D eigenvalue weighted by Crippen LogP contribution is 2.16. The van der Waals surface area contributed by atoms with Crippen LogP contribution in [0, 0.1) is 0 Å². The molecule has 112 valence electrons. The molecule has 0 radical (unpaired) electrons. The van der Waals surface area contributed by atoms with E-state index in [-0.39, 0.29) is 12.3 Å². The van der Waals surface area contributed by atoms with Crippen LogP contribution in [0.1, 0.15) is 16.2 Å². The van der Waals surface area contributed by atoms with Gasteiger partial charge in [0.05, 0.1) is 13.0 Å². The first-order valence-corrected chi connectivity index (χ1v) is 7.19. The molecule has 0 saturated heterocycles. The summed E-state index contributed by atoms with van der Waals surface area (Å²) in [6.07, 6.45) is 0.476. The van der Waals surface area contributed by atoms with E-state index in [0.29, 0.717) is 32.7 Å². The second kappa shape index (κ2) is 9.46. The fourth-order valence-electron chi connectivity index (χ4n) is 1.56. The molecular weight excluding hydrogens is 280 g/mol. The molecule has 0 aliphatic carbocycles. The summed E-state index contributed by atoms with van der Waals surface area (Å²) in [4.78, 5) is 23.9. The molecule has 0 atom stereocenters. The molecule has 1 aromatic heterocycles. The Morgan fingerprint density at radius 1 is 1.30 bits per heavy atom. The molecule has 20 heavy (non-hydrogen) atoms. The molecule has 0 fully saturated rings. The zero-order valence-electron chi connectivity index (χ0n) is 11.5. The first kappa shape index (κ1) is 16.6. The topological polar surface area (TPSA) is 87.7 Å². The molecule has 1 heterocycles. The van der Waals surface area contributed by atoms with Gasteiger partial charge in [-0.15, -0.1) is 11.3 Å². The van der Waals surface area contributed by atoms with E-state index in [0.717, 1.165) is 9.75 Å². The lowest BCUT2D eigenvalue weighted by atomic mass is 10.3. The van der Waals surface area contributed by atoms with Crippen molar-refractivity contribution in [3.05, 3.63) is 21.9 Å². The van der Waals surface area contributed by atoms with Gasteiger partial charge >= 0.3 is 5.97 Å². The Kier molecular flexibility index (Phi) is 7.86. The average Bonchev–Trinajstić information content (AvgIpc) is 2.82. The van der Waals surface area contributed by atoms with Gasteiger partial charge in [-0.25, -0.2) is 0 Å². The summed E-state index contributed by atoms with van der Waals surface area (Å²) in [7, 11) is 1.59. The summed E-state index contributed by atoms with van der Waals surface area (Å²) >= 11 is 1.48. The van der Waals surface area contributed by atoms with E-state index >= 15 is 0 Å². The van der Waals surface area contributed by atoms with Gasteiger partial charge in [-0.1, -0.05) is 0 Å².